The van der Waals surface area contributed by atoms with Crippen LogP contribution in [0.3, 0.4) is 0 Å². The lowest BCUT2D eigenvalue weighted by Crippen LogP contribution is -2.06. The highest BCUT2D eigenvalue weighted by Crippen LogP contribution is 2.34. The number of benzene rings is 3. The molecule has 3 nitrogen and oxygen atoms in total. The molecule has 3 aromatic rings. The molecule has 105 valence electrons. The number of hydrogen-bond acceptors (Lipinski definition) is 2. The molecule has 0 fully saturated rings. The summed E-state index contributed by atoms with van der Waals surface area (Å²) in [5, 5.41) is 16.0. The number of esters is 1. The molecule has 3 rings (SSSR count). The molecule has 0 aliphatic heterocycles. The van der Waals surface area contributed by atoms with Crippen molar-refractivity contribution in [2.45, 2.75) is 13.3 Å². The van der Waals surface area contributed by atoms with Gasteiger partial charge in [-0.1, -0.05) is 43.3 Å². The molecule has 3 aromatic carbocycles. The number of ether oxygens (including phenoxy) is 1. The van der Waals surface area contributed by atoms with Gasteiger partial charge in [0.15, 0.2) is 0 Å². The molecule has 0 heterocycles. The number of fused-ring (bicyclic) bond motifs is 3. The molecule has 0 N–H and O–H groups in total. The molecule has 1 radical (unpaired) electrons. The molecule has 21 heavy (non-hydrogen) atoms. The minimum Gasteiger partial charge on any atom is -0.462 e. The van der Waals surface area contributed by atoms with Gasteiger partial charge < -0.3 is 4.74 Å². The maximum Gasteiger partial charge on any atom is 0.342 e. The fourth-order valence-electron chi connectivity index (χ4n) is 2.49. The van der Waals surface area contributed by atoms with Crippen molar-refractivity contribution in [3.05, 3.63) is 54.1 Å². The second-order valence-corrected chi connectivity index (χ2v) is 4.96. The van der Waals surface area contributed by atoms with Crippen LogP contribution < -0.4 is 0 Å². The van der Waals surface area contributed by atoms with Crippen LogP contribution in [-0.2, 0) is 9.84 Å². The second-order valence-electron chi connectivity index (χ2n) is 4.96. The minimum absolute atomic E-state index is 0.103. The van der Waals surface area contributed by atoms with Gasteiger partial charge in [0.05, 0.1) is 6.61 Å². The Hall–Kier alpha value is -2.55. The second kappa shape index (κ2) is 5.44. The number of carbonyl (C=O) groups is 1. The first-order valence-electron chi connectivity index (χ1n) is 7.01. The standard InChI is InChI=1S/C18H15O3/c1-2-11-21-18(20)16-10-9-14-13-6-4-3-5-12(13)7-8-15(14)17(16)19/h3-10H,2,11H2,1H3. The van der Waals surface area contributed by atoms with Crippen LogP contribution >= 0.6 is 0 Å². The van der Waals surface area contributed by atoms with E-state index in [9.17, 15) is 9.90 Å². The van der Waals surface area contributed by atoms with Crippen LogP contribution in [0.1, 0.15) is 23.7 Å². The van der Waals surface area contributed by atoms with E-state index in [1.54, 1.807) is 12.1 Å². The van der Waals surface area contributed by atoms with Crippen LogP contribution in [0, 0.1) is 0 Å². The van der Waals surface area contributed by atoms with Crippen LogP contribution in [0.25, 0.3) is 21.5 Å². The van der Waals surface area contributed by atoms with Gasteiger partial charge >= 0.3 is 5.97 Å². The maximum absolute atomic E-state index is 12.5. The topological polar surface area (TPSA) is 46.2 Å². The molecular formula is C18H15O3. The summed E-state index contributed by atoms with van der Waals surface area (Å²) in [5.74, 6) is -0.809. The Kier molecular flexibility index (Phi) is 3.48. The monoisotopic (exact) mass is 279 g/mol. The first-order valence-corrected chi connectivity index (χ1v) is 7.01. The minimum atomic E-state index is -0.545. The van der Waals surface area contributed by atoms with E-state index in [2.05, 4.69) is 0 Å². The Balaban J connectivity index is 2.17. The highest BCUT2D eigenvalue weighted by atomic mass is 16.5. The van der Waals surface area contributed by atoms with Crippen molar-refractivity contribution < 1.29 is 14.6 Å². The van der Waals surface area contributed by atoms with Gasteiger partial charge in [0, 0.05) is 5.39 Å². The largest absolute Gasteiger partial charge is 0.462 e. The third-order valence-corrected chi connectivity index (χ3v) is 3.53. The van der Waals surface area contributed by atoms with E-state index in [-0.39, 0.29) is 11.3 Å². The van der Waals surface area contributed by atoms with E-state index in [0.717, 1.165) is 22.6 Å². The van der Waals surface area contributed by atoms with Gasteiger partial charge in [-0.05, 0) is 34.7 Å². The maximum atomic E-state index is 12.5. The molecule has 0 atom stereocenters. The quantitative estimate of drug-likeness (QED) is 0.515. The average molecular weight is 279 g/mol. The molecule has 0 saturated heterocycles. The summed E-state index contributed by atoms with van der Waals surface area (Å²) in [4.78, 5) is 11.9. The molecule has 0 bridgehead atoms. The highest BCUT2D eigenvalue weighted by Gasteiger charge is 2.17. The van der Waals surface area contributed by atoms with Crippen molar-refractivity contribution in [2.24, 2.45) is 0 Å². The third-order valence-electron chi connectivity index (χ3n) is 3.53. The van der Waals surface area contributed by atoms with Gasteiger partial charge in [-0.25, -0.2) is 4.79 Å². The van der Waals surface area contributed by atoms with Gasteiger partial charge in [0.2, 0.25) is 5.75 Å². The zero-order chi connectivity index (χ0) is 14.8. The first-order chi connectivity index (χ1) is 10.2. The predicted octanol–water partition coefficient (Wildman–Crippen LogP) is 4.70. The van der Waals surface area contributed by atoms with Gasteiger partial charge in [-0.2, -0.15) is 0 Å². The molecule has 0 aliphatic rings. The molecular weight excluding hydrogens is 264 g/mol. The fourth-order valence-corrected chi connectivity index (χ4v) is 2.49. The lowest BCUT2D eigenvalue weighted by molar-refractivity contribution is 0.0500. The van der Waals surface area contributed by atoms with Crippen LogP contribution in [0.15, 0.2) is 48.5 Å². The van der Waals surface area contributed by atoms with E-state index in [1.165, 1.54) is 0 Å². The average Bonchev–Trinajstić information content (AvgIpc) is 2.52. The van der Waals surface area contributed by atoms with Crippen LogP contribution in [-0.4, -0.2) is 12.6 Å². The summed E-state index contributed by atoms with van der Waals surface area (Å²) < 4.78 is 5.06. The van der Waals surface area contributed by atoms with Crippen molar-refractivity contribution in [3.63, 3.8) is 0 Å². The summed E-state index contributed by atoms with van der Waals surface area (Å²) in [6.45, 7) is 2.24. The summed E-state index contributed by atoms with van der Waals surface area (Å²) in [7, 11) is 0. The molecule has 0 saturated carbocycles. The summed E-state index contributed by atoms with van der Waals surface area (Å²) in [5.41, 5.74) is 0.103. The number of rotatable bonds is 3. The Bertz CT molecular complexity index is 821. The zero-order valence-corrected chi connectivity index (χ0v) is 11.8. The summed E-state index contributed by atoms with van der Waals surface area (Å²) in [6.07, 6.45) is 0.734. The zero-order valence-electron chi connectivity index (χ0n) is 11.8. The van der Waals surface area contributed by atoms with Gasteiger partial charge in [0.25, 0.3) is 0 Å². The Labute approximate surface area is 122 Å². The van der Waals surface area contributed by atoms with Crippen molar-refractivity contribution in [2.75, 3.05) is 6.61 Å². The number of carbonyl (C=O) groups excluding carboxylic acids is 1. The molecule has 0 aliphatic carbocycles. The Morgan fingerprint density at radius 2 is 1.71 bits per heavy atom. The third kappa shape index (κ3) is 2.31. The van der Waals surface area contributed by atoms with Crippen LogP contribution in [0.2, 0.25) is 0 Å². The van der Waals surface area contributed by atoms with Crippen molar-refractivity contribution in [1.29, 1.82) is 0 Å². The van der Waals surface area contributed by atoms with Gasteiger partial charge in [-0.15, -0.1) is 0 Å². The summed E-state index contributed by atoms with van der Waals surface area (Å²) in [6, 6.07) is 14.9. The number of hydrogen-bond donors (Lipinski definition) is 0. The first kappa shape index (κ1) is 13.4. The molecule has 0 unspecified atom stereocenters. The van der Waals surface area contributed by atoms with Crippen molar-refractivity contribution in [1.82, 2.24) is 0 Å². The smallest absolute Gasteiger partial charge is 0.342 e. The Morgan fingerprint density at radius 3 is 2.52 bits per heavy atom. The lowest BCUT2D eigenvalue weighted by atomic mass is 9.99. The molecule has 0 aromatic heterocycles. The summed E-state index contributed by atoms with van der Waals surface area (Å²) >= 11 is 0. The predicted molar refractivity (Wildman–Crippen MR) is 82.2 cm³/mol. The Morgan fingerprint density at radius 1 is 0.952 bits per heavy atom. The van der Waals surface area contributed by atoms with E-state index in [1.807, 2.05) is 43.3 Å². The fraction of sp³-hybridized carbons (Fsp3) is 0.167. The van der Waals surface area contributed by atoms with Crippen molar-refractivity contribution in [3.8, 4) is 5.75 Å². The molecule has 0 amide bonds. The van der Waals surface area contributed by atoms with E-state index >= 15 is 0 Å². The van der Waals surface area contributed by atoms with Gasteiger partial charge in [-0.3, -0.25) is 5.11 Å². The van der Waals surface area contributed by atoms with E-state index < -0.39 is 5.97 Å². The molecule has 3 heteroatoms. The van der Waals surface area contributed by atoms with Gasteiger partial charge in [0.1, 0.15) is 5.56 Å². The van der Waals surface area contributed by atoms with Crippen LogP contribution in [0.5, 0.6) is 5.75 Å². The highest BCUT2D eigenvalue weighted by molar-refractivity contribution is 6.12. The normalized spacial score (nSPS) is 10.9. The SMILES string of the molecule is CCCOC(=O)c1ccc2c(ccc3ccccc32)c1[O]. The van der Waals surface area contributed by atoms with Crippen LogP contribution in [0.4, 0.5) is 0 Å². The molecule has 0 spiro atoms. The lowest BCUT2D eigenvalue weighted by Gasteiger charge is -2.08. The van der Waals surface area contributed by atoms with E-state index in [0.29, 0.717) is 12.0 Å². The van der Waals surface area contributed by atoms with Crippen molar-refractivity contribution >= 4 is 27.5 Å². The van der Waals surface area contributed by atoms with E-state index in [4.69, 9.17) is 4.74 Å².